The number of fused-ring (bicyclic) bond motifs is 1. The number of nitrogens with zero attached hydrogens (tertiary/aromatic N) is 1. The lowest BCUT2D eigenvalue weighted by Gasteiger charge is -2.19. The minimum absolute atomic E-state index is 0.128. The number of halogens is 2. The van der Waals surface area contributed by atoms with E-state index in [-0.39, 0.29) is 11.3 Å². The summed E-state index contributed by atoms with van der Waals surface area (Å²) in [4.78, 5) is 25.1. The molecule has 0 saturated carbocycles. The Labute approximate surface area is 122 Å². The van der Waals surface area contributed by atoms with Gasteiger partial charge in [-0.3, -0.25) is 9.59 Å². The molecule has 1 aromatic rings. The number of Topliss-reactive ketones (excluding diaryl/α,β-unsaturated/α-hetero) is 1. The Kier molecular flexibility index (Phi) is 4.43. The fraction of sp³-hybridized carbons (Fsp3) is 0.467. The first-order chi connectivity index (χ1) is 9.45. The van der Waals surface area contributed by atoms with Crippen LogP contribution < -0.4 is 4.90 Å². The van der Waals surface area contributed by atoms with E-state index in [9.17, 15) is 14.0 Å². The van der Waals surface area contributed by atoms with Gasteiger partial charge in [0.15, 0.2) is 0 Å². The van der Waals surface area contributed by atoms with E-state index < -0.39 is 17.5 Å². The number of hydrogen-bond donors (Lipinski definition) is 0. The minimum atomic E-state index is -0.637. The van der Waals surface area contributed by atoms with Crippen molar-refractivity contribution >= 4 is 29.0 Å². The van der Waals surface area contributed by atoms with Crippen molar-refractivity contribution in [1.29, 1.82) is 0 Å². The third kappa shape index (κ3) is 2.70. The standard InChI is InChI=1S/C15H17ClFNO2/c1-9(3-5-16)4-6-18-13-11(14(19)15(18)20)7-10(2)8-12(13)17/h7-9H,3-6H2,1-2H3. The summed E-state index contributed by atoms with van der Waals surface area (Å²) in [7, 11) is 0. The summed E-state index contributed by atoms with van der Waals surface area (Å²) in [6.45, 7) is 4.07. The summed E-state index contributed by atoms with van der Waals surface area (Å²) < 4.78 is 14.1. The molecule has 0 spiro atoms. The maximum absolute atomic E-state index is 14.1. The predicted octanol–water partition coefficient (Wildman–Crippen LogP) is 3.32. The molecule has 1 aliphatic rings. The molecule has 1 heterocycles. The average Bonchev–Trinajstić information content (AvgIpc) is 2.61. The molecular weight excluding hydrogens is 281 g/mol. The molecule has 1 aromatic carbocycles. The van der Waals surface area contributed by atoms with Gasteiger partial charge in [0.2, 0.25) is 0 Å². The van der Waals surface area contributed by atoms with E-state index in [1.165, 1.54) is 11.0 Å². The van der Waals surface area contributed by atoms with Crippen LogP contribution in [0.3, 0.4) is 0 Å². The zero-order valence-electron chi connectivity index (χ0n) is 11.6. The maximum atomic E-state index is 14.1. The number of anilines is 1. The number of ketones is 1. The summed E-state index contributed by atoms with van der Waals surface area (Å²) in [6.07, 6.45) is 1.53. The van der Waals surface area contributed by atoms with Crippen molar-refractivity contribution in [3.8, 4) is 0 Å². The van der Waals surface area contributed by atoms with Gasteiger partial charge in [-0.05, 0) is 43.4 Å². The summed E-state index contributed by atoms with van der Waals surface area (Å²) in [5, 5.41) is 0. The largest absolute Gasteiger partial charge is 0.302 e. The van der Waals surface area contributed by atoms with Crippen molar-refractivity contribution in [2.24, 2.45) is 5.92 Å². The number of alkyl halides is 1. The molecule has 0 radical (unpaired) electrons. The predicted molar refractivity (Wildman–Crippen MR) is 76.9 cm³/mol. The van der Waals surface area contributed by atoms with Crippen molar-refractivity contribution in [3.63, 3.8) is 0 Å². The first kappa shape index (κ1) is 15.0. The monoisotopic (exact) mass is 297 g/mol. The molecule has 0 fully saturated rings. The number of carbonyl (C=O) groups is 2. The highest BCUT2D eigenvalue weighted by Crippen LogP contribution is 2.33. The Hall–Kier alpha value is -1.42. The van der Waals surface area contributed by atoms with E-state index in [1.54, 1.807) is 13.0 Å². The van der Waals surface area contributed by atoms with Gasteiger partial charge in [0.1, 0.15) is 5.82 Å². The highest BCUT2D eigenvalue weighted by molar-refractivity contribution is 6.52. The maximum Gasteiger partial charge on any atom is 0.299 e. The van der Waals surface area contributed by atoms with E-state index in [0.717, 1.165) is 6.42 Å². The summed E-state index contributed by atoms with van der Waals surface area (Å²) in [5.41, 5.74) is 0.945. The van der Waals surface area contributed by atoms with Crippen LogP contribution in [0.25, 0.3) is 0 Å². The van der Waals surface area contributed by atoms with Gasteiger partial charge < -0.3 is 4.90 Å². The van der Waals surface area contributed by atoms with Crippen molar-refractivity contribution in [1.82, 2.24) is 0 Å². The highest BCUT2D eigenvalue weighted by atomic mass is 35.5. The fourth-order valence-electron chi connectivity index (χ4n) is 2.41. The smallest absolute Gasteiger partial charge is 0.299 e. The van der Waals surface area contributed by atoms with Crippen LogP contribution in [0.2, 0.25) is 0 Å². The molecule has 0 saturated heterocycles. The van der Waals surface area contributed by atoms with Crippen molar-refractivity contribution in [3.05, 3.63) is 29.1 Å². The Morgan fingerprint density at radius 3 is 2.65 bits per heavy atom. The molecule has 1 amide bonds. The SMILES string of the molecule is Cc1cc(F)c2c(c1)C(=O)C(=O)N2CCC(C)CCCl. The second-order valence-electron chi connectivity index (χ2n) is 5.30. The lowest BCUT2D eigenvalue weighted by Crippen LogP contribution is -2.32. The van der Waals surface area contributed by atoms with Gasteiger partial charge in [-0.1, -0.05) is 6.92 Å². The normalized spacial score (nSPS) is 15.7. The Bertz CT molecular complexity index is 559. The Balaban J connectivity index is 2.24. The topological polar surface area (TPSA) is 37.4 Å². The number of hydrogen-bond acceptors (Lipinski definition) is 2. The van der Waals surface area contributed by atoms with Crippen LogP contribution in [0.15, 0.2) is 12.1 Å². The van der Waals surface area contributed by atoms with Crippen molar-refractivity contribution < 1.29 is 14.0 Å². The molecule has 5 heteroatoms. The van der Waals surface area contributed by atoms with Crippen molar-refractivity contribution in [2.75, 3.05) is 17.3 Å². The van der Waals surface area contributed by atoms with E-state index in [0.29, 0.717) is 30.3 Å². The summed E-state index contributed by atoms with van der Waals surface area (Å²) in [6, 6.07) is 2.92. The zero-order chi connectivity index (χ0) is 14.9. The van der Waals surface area contributed by atoms with Gasteiger partial charge in [0, 0.05) is 12.4 Å². The van der Waals surface area contributed by atoms with E-state index in [1.807, 2.05) is 6.92 Å². The molecular formula is C15H17ClFNO2. The lowest BCUT2D eigenvalue weighted by molar-refractivity contribution is -0.114. The van der Waals surface area contributed by atoms with Crippen LogP contribution in [-0.4, -0.2) is 24.1 Å². The molecule has 0 N–H and O–H groups in total. The minimum Gasteiger partial charge on any atom is -0.302 e. The summed E-state index contributed by atoms with van der Waals surface area (Å²) >= 11 is 5.67. The number of carbonyl (C=O) groups excluding carboxylic acids is 2. The second-order valence-corrected chi connectivity index (χ2v) is 5.68. The quantitative estimate of drug-likeness (QED) is 0.617. The van der Waals surface area contributed by atoms with Crippen LogP contribution in [-0.2, 0) is 4.79 Å². The van der Waals surface area contributed by atoms with Gasteiger partial charge in [0.05, 0.1) is 11.3 Å². The number of rotatable bonds is 5. The molecule has 108 valence electrons. The molecule has 1 unspecified atom stereocenters. The first-order valence-corrected chi connectivity index (χ1v) is 7.21. The van der Waals surface area contributed by atoms with Crippen LogP contribution in [0.4, 0.5) is 10.1 Å². The molecule has 1 atom stereocenters. The van der Waals surface area contributed by atoms with Crippen LogP contribution in [0.5, 0.6) is 0 Å². The Morgan fingerprint density at radius 2 is 2.00 bits per heavy atom. The summed E-state index contributed by atoms with van der Waals surface area (Å²) in [5.74, 6) is -0.884. The molecule has 20 heavy (non-hydrogen) atoms. The number of amides is 1. The third-order valence-corrected chi connectivity index (χ3v) is 3.83. The van der Waals surface area contributed by atoms with Gasteiger partial charge in [-0.25, -0.2) is 4.39 Å². The second kappa shape index (κ2) is 5.92. The van der Waals surface area contributed by atoms with Gasteiger partial charge in [-0.15, -0.1) is 11.6 Å². The van der Waals surface area contributed by atoms with Crippen LogP contribution in [0, 0.1) is 18.7 Å². The van der Waals surface area contributed by atoms with Crippen molar-refractivity contribution in [2.45, 2.75) is 26.7 Å². The Morgan fingerprint density at radius 1 is 1.30 bits per heavy atom. The average molecular weight is 298 g/mol. The molecule has 2 rings (SSSR count). The molecule has 0 aliphatic carbocycles. The first-order valence-electron chi connectivity index (χ1n) is 6.68. The molecule has 3 nitrogen and oxygen atoms in total. The number of aryl methyl sites for hydroxylation is 1. The zero-order valence-corrected chi connectivity index (χ0v) is 12.3. The van der Waals surface area contributed by atoms with Crippen LogP contribution >= 0.6 is 11.6 Å². The van der Waals surface area contributed by atoms with E-state index in [2.05, 4.69) is 0 Å². The van der Waals surface area contributed by atoms with Gasteiger partial charge in [0.25, 0.3) is 11.7 Å². The fourth-order valence-corrected chi connectivity index (χ4v) is 2.79. The van der Waals surface area contributed by atoms with Crippen LogP contribution in [0.1, 0.15) is 35.7 Å². The lowest BCUT2D eigenvalue weighted by atomic mass is 10.0. The molecule has 1 aliphatic heterocycles. The molecule has 0 bridgehead atoms. The third-order valence-electron chi connectivity index (χ3n) is 3.61. The number of benzene rings is 1. The highest BCUT2D eigenvalue weighted by Gasteiger charge is 2.38. The van der Waals surface area contributed by atoms with E-state index >= 15 is 0 Å². The van der Waals surface area contributed by atoms with E-state index in [4.69, 9.17) is 11.6 Å². The van der Waals surface area contributed by atoms with Gasteiger partial charge >= 0.3 is 0 Å². The molecule has 0 aromatic heterocycles. The van der Waals surface area contributed by atoms with Gasteiger partial charge in [-0.2, -0.15) is 0 Å².